The fourth-order valence-electron chi connectivity index (χ4n) is 1.51. The van der Waals surface area contributed by atoms with Crippen LogP contribution in [-0.2, 0) is 0 Å². The van der Waals surface area contributed by atoms with Gasteiger partial charge in [0.15, 0.2) is 11.3 Å². The zero-order chi connectivity index (χ0) is 11.7. The van der Waals surface area contributed by atoms with Crippen molar-refractivity contribution in [2.45, 2.75) is 6.92 Å². The molecule has 2 aromatic rings. The van der Waals surface area contributed by atoms with Crippen LogP contribution in [0.2, 0.25) is 5.02 Å². The number of carbonyl (C=O) groups is 1. The van der Waals surface area contributed by atoms with E-state index in [1.54, 1.807) is 13.0 Å². The average molecular weight is 241 g/mol. The second-order valence-electron chi connectivity index (χ2n) is 3.14. The number of furan rings is 1. The van der Waals surface area contributed by atoms with Crippen LogP contribution in [0.15, 0.2) is 22.8 Å². The summed E-state index contributed by atoms with van der Waals surface area (Å²) >= 11 is 5.94. The summed E-state index contributed by atoms with van der Waals surface area (Å²) in [7, 11) is 0. The summed E-state index contributed by atoms with van der Waals surface area (Å²) < 4.78 is 10.5. The smallest absolute Gasteiger partial charge is 0.339 e. The highest BCUT2D eigenvalue weighted by Gasteiger charge is 2.19. The Morgan fingerprint density at radius 1 is 1.62 bits per heavy atom. The van der Waals surface area contributed by atoms with Crippen LogP contribution in [0.5, 0.6) is 5.75 Å². The predicted octanol–water partition coefficient (Wildman–Crippen LogP) is 3.18. The van der Waals surface area contributed by atoms with Gasteiger partial charge in [0.05, 0.1) is 17.9 Å². The summed E-state index contributed by atoms with van der Waals surface area (Å²) in [6, 6.07) is 3.04. The maximum atomic E-state index is 11.0. The number of hydrogen-bond acceptors (Lipinski definition) is 3. The fourth-order valence-corrected chi connectivity index (χ4v) is 1.77. The molecule has 0 atom stereocenters. The molecule has 0 aliphatic carbocycles. The van der Waals surface area contributed by atoms with Crippen molar-refractivity contribution >= 4 is 28.5 Å². The molecule has 84 valence electrons. The van der Waals surface area contributed by atoms with E-state index in [1.807, 2.05) is 0 Å². The lowest BCUT2D eigenvalue weighted by molar-refractivity contribution is 0.0692. The highest BCUT2D eigenvalue weighted by Crippen LogP contribution is 2.36. The molecule has 2 rings (SSSR count). The third-order valence-electron chi connectivity index (χ3n) is 2.16. The Labute approximate surface area is 96.4 Å². The summed E-state index contributed by atoms with van der Waals surface area (Å²) in [5, 5.41) is 10.0. The van der Waals surface area contributed by atoms with Gasteiger partial charge in [-0.15, -0.1) is 0 Å². The number of ether oxygens (including phenoxy) is 1. The number of carboxylic acid groups (broad SMARTS) is 1. The van der Waals surface area contributed by atoms with Crippen molar-refractivity contribution in [3.8, 4) is 5.75 Å². The molecule has 1 heterocycles. The highest BCUT2D eigenvalue weighted by atomic mass is 35.5. The quantitative estimate of drug-likeness (QED) is 0.895. The molecule has 0 radical (unpaired) electrons. The van der Waals surface area contributed by atoms with Crippen molar-refractivity contribution in [2.24, 2.45) is 0 Å². The number of carboxylic acids is 1. The summed E-state index contributed by atoms with van der Waals surface area (Å²) in [5.41, 5.74) is 0.376. The van der Waals surface area contributed by atoms with Crippen molar-refractivity contribution in [2.75, 3.05) is 6.61 Å². The molecule has 0 bridgehead atoms. The second-order valence-corrected chi connectivity index (χ2v) is 3.54. The summed E-state index contributed by atoms with van der Waals surface area (Å²) in [4.78, 5) is 11.0. The van der Waals surface area contributed by atoms with Crippen LogP contribution in [0.1, 0.15) is 17.3 Å². The van der Waals surface area contributed by atoms with Gasteiger partial charge in [-0.3, -0.25) is 0 Å². The van der Waals surface area contributed by atoms with Crippen molar-refractivity contribution in [1.29, 1.82) is 0 Å². The van der Waals surface area contributed by atoms with Gasteiger partial charge < -0.3 is 14.3 Å². The molecule has 0 saturated heterocycles. The summed E-state index contributed by atoms with van der Waals surface area (Å²) in [5.74, 6) is -0.872. The number of halogens is 1. The highest BCUT2D eigenvalue weighted by molar-refractivity contribution is 6.36. The van der Waals surface area contributed by atoms with Gasteiger partial charge in [0, 0.05) is 5.39 Å². The fraction of sp³-hybridized carbons (Fsp3) is 0.182. The molecule has 1 aromatic carbocycles. The van der Waals surface area contributed by atoms with Crippen LogP contribution in [0.4, 0.5) is 0 Å². The van der Waals surface area contributed by atoms with E-state index in [4.69, 9.17) is 25.9 Å². The van der Waals surface area contributed by atoms with Crippen LogP contribution in [0.3, 0.4) is 0 Å². The van der Waals surface area contributed by atoms with Gasteiger partial charge in [0.25, 0.3) is 0 Å². The maximum Gasteiger partial charge on any atom is 0.339 e. The van der Waals surface area contributed by atoms with Crippen LogP contribution in [0, 0.1) is 0 Å². The predicted molar refractivity (Wildman–Crippen MR) is 59.4 cm³/mol. The Hall–Kier alpha value is -1.68. The minimum Gasteiger partial charge on any atom is -0.489 e. The number of benzene rings is 1. The molecule has 0 aliphatic heterocycles. The number of hydrogen-bond donors (Lipinski definition) is 1. The third-order valence-corrected chi connectivity index (χ3v) is 2.48. The molecule has 0 amide bonds. The molecule has 1 aromatic heterocycles. The van der Waals surface area contributed by atoms with E-state index in [0.717, 1.165) is 0 Å². The first-order valence-electron chi connectivity index (χ1n) is 4.71. The molecule has 16 heavy (non-hydrogen) atoms. The van der Waals surface area contributed by atoms with Crippen molar-refractivity contribution in [3.63, 3.8) is 0 Å². The molecule has 0 unspecified atom stereocenters. The molecule has 0 saturated carbocycles. The van der Waals surface area contributed by atoms with E-state index in [9.17, 15) is 4.79 Å². The van der Waals surface area contributed by atoms with E-state index in [2.05, 4.69) is 0 Å². The van der Waals surface area contributed by atoms with Crippen molar-refractivity contribution in [3.05, 3.63) is 29.0 Å². The normalized spacial score (nSPS) is 10.6. The summed E-state index contributed by atoms with van der Waals surface area (Å²) in [6.45, 7) is 2.13. The van der Waals surface area contributed by atoms with Gasteiger partial charge in [-0.25, -0.2) is 4.79 Å². The second kappa shape index (κ2) is 4.06. The molecule has 0 aliphatic rings. The Kier molecular flexibility index (Phi) is 2.75. The van der Waals surface area contributed by atoms with E-state index in [-0.39, 0.29) is 11.3 Å². The van der Waals surface area contributed by atoms with Gasteiger partial charge in [0.1, 0.15) is 5.56 Å². The van der Waals surface area contributed by atoms with E-state index >= 15 is 0 Å². The molecule has 0 spiro atoms. The Balaban J connectivity index is 2.77. The van der Waals surface area contributed by atoms with Crippen molar-refractivity contribution in [1.82, 2.24) is 0 Å². The number of rotatable bonds is 3. The largest absolute Gasteiger partial charge is 0.489 e. The Morgan fingerprint density at radius 2 is 2.38 bits per heavy atom. The van der Waals surface area contributed by atoms with Crippen LogP contribution < -0.4 is 4.74 Å². The van der Waals surface area contributed by atoms with Crippen molar-refractivity contribution < 1.29 is 19.1 Å². The van der Waals surface area contributed by atoms with Crippen LogP contribution in [0.25, 0.3) is 11.0 Å². The number of aromatic carboxylic acids is 1. The van der Waals surface area contributed by atoms with E-state index < -0.39 is 5.97 Å². The molecule has 4 nitrogen and oxygen atoms in total. The first-order valence-corrected chi connectivity index (χ1v) is 5.08. The lowest BCUT2D eigenvalue weighted by Crippen LogP contribution is -2.03. The molecule has 5 heteroatoms. The zero-order valence-corrected chi connectivity index (χ0v) is 9.25. The average Bonchev–Trinajstić information content (AvgIpc) is 2.71. The molecular formula is C11H9ClO4. The maximum absolute atomic E-state index is 11.0. The molecule has 0 fully saturated rings. The van der Waals surface area contributed by atoms with Crippen LogP contribution >= 0.6 is 11.6 Å². The van der Waals surface area contributed by atoms with Gasteiger partial charge in [-0.1, -0.05) is 11.6 Å². The lowest BCUT2D eigenvalue weighted by atomic mass is 10.1. The molecule has 1 N–H and O–H groups in total. The number of fused-ring (bicyclic) bond motifs is 1. The summed E-state index contributed by atoms with van der Waals surface area (Å²) in [6.07, 6.45) is 1.45. The topological polar surface area (TPSA) is 59.7 Å². The van der Waals surface area contributed by atoms with Gasteiger partial charge >= 0.3 is 5.97 Å². The van der Waals surface area contributed by atoms with Gasteiger partial charge in [-0.2, -0.15) is 0 Å². The van der Waals surface area contributed by atoms with Gasteiger partial charge in [-0.05, 0) is 19.1 Å². The van der Waals surface area contributed by atoms with E-state index in [1.165, 1.54) is 12.3 Å². The zero-order valence-electron chi connectivity index (χ0n) is 8.49. The Bertz CT molecular complexity index is 544. The monoisotopic (exact) mass is 240 g/mol. The first kappa shape index (κ1) is 10.8. The van der Waals surface area contributed by atoms with E-state index in [0.29, 0.717) is 22.6 Å². The molecular weight excluding hydrogens is 232 g/mol. The standard InChI is InChI=1S/C11H9ClO4/c1-2-15-10-7(11(13)14)5-8(12)6-3-4-16-9(6)10/h3-5H,2H2,1H3,(H,13,14). The Morgan fingerprint density at radius 3 is 3.00 bits per heavy atom. The lowest BCUT2D eigenvalue weighted by Gasteiger charge is -2.08. The van der Waals surface area contributed by atoms with Gasteiger partial charge in [0.2, 0.25) is 0 Å². The minimum absolute atomic E-state index is 0.00861. The first-order chi connectivity index (χ1) is 7.65. The SMILES string of the molecule is CCOc1c(C(=O)O)cc(Cl)c2ccoc12. The minimum atomic E-state index is -1.09. The van der Waals surface area contributed by atoms with Crippen LogP contribution in [-0.4, -0.2) is 17.7 Å². The third kappa shape index (κ3) is 1.61.